The summed E-state index contributed by atoms with van der Waals surface area (Å²) in [6, 6.07) is 22.0. The Balaban J connectivity index is 1.74. The SMILES string of the molecule is CCOc1ccccc1NC(=O)C(CC)OC(=O)c1c(-c2ccc(C)cc2)c2ccccc2c(=O)n1C. The summed E-state index contributed by atoms with van der Waals surface area (Å²) in [7, 11) is 1.54. The maximum atomic E-state index is 13.6. The fourth-order valence-corrected chi connectivity index (χ4v) is 4.29. The van der Waals surface area contributed by atoms with Crippen LogP contribution in [-0.2, 0) is 16.6 Å². The van der Waals surface area contributed by atoms with Gasteiger partial charge in [0, 0.05) is 18.0 Å². The largest absolute Gasteiger partial charge is 0.492 e. The third-order valence-corrected chi connectivity index (χ3v) is 6.19. The van der Waals surface area contributed by atoms with Crippen LogP contribution in [0.5, 0.6) is 5.75 Å². The number of carbonyl (C=O) groups is 2. The minimum Gasteiger partial charge on any atom is -0.492 e. The quantitative estimate of drug-likeness (QED) is 0.325. The molecule has 0 radical (unpaired) electrons. The Kier molecular flexibility index (Phi) is 7.72. The highest BCUT2D eigenvalue weighted by Crippen LogP contribution is 2.32. The van der Waals surface area contributed by atoms with E-state index < -0.39 is 18.0 Å². The lowest BCUT2D eigenvalue weighted by Gasteiger charge is -2.20. The Morgan fingerprint density at radius 1 is 0.919 bits per heavy atom. The number of aryl methyl sites for hydroxylation is 1. The molecule has 1 amide bonds. The summed E-state index contributed by atoms with van der Waals surface area (Å²) in [5, 5.41) is 3.94. The summed E-state index contributed by atoms with van der Waals surface area (Å²) in [6.07, 6.45) is -0.829. The Morgan fingerprint density at radius 2 is 1.57 bits per heavy atom. The number of para-hydroxylation sites is 2. The molecule has 0 fully saturated rings. The molecule has 0 aliphatic heterocycles. The maximum absolute atomic E-state index is 13.6. The zero-order chi connectivity index (χ0) is 26.5. The standard InChI is InChI=1S/C30H30N2O5/c1-5-24(28(33)31-23-13-9-10-14-25(23)36-6-2)37-30(35)27-26(20-17-15-19(3)16-18-20)21-11-7-8-12-22(21)29(34)32(27)4/h7-18,24H,5-6H2,1-4H3,(H,31,33). The van der Waals surface area contributed by atoms with Crippen LogP contribution in [0.2, 0.25) is 0 Å². The van der Waals surface area contributed by atoms with E-state index in [4.69, 9.17) is 9.47 Å². The number of ether oxygens (including phenoxy) is 2. The molecule has 37 heavy (non-hydrogen) atoms. The Labute approximate surface area is 215 Å². The van der Waals surface area contributed by atoms with Crippen molar-refractivity contribution in [2.24, 2.45) is 7.05 Å². The van der Waals surface area contributed by atoms with Gasteiger partial charge in [-0.15, -0.1) is 0 Å². The topological polar surface area (TPSA) is 86.6 Å². The summed E-state index contributed by atoms with van der Waals surface area (Å²) in [6.45, 7) is 6.03. The van der Waals surface area contributed by atoms with Crippen molar-refractivity contribution in [1.29, 1.82) is 0 Å². The van der Waals surface area contributed by atoms with Crippen molar-refractivity contribution in [2.75, 3.05) is 11.9 Å². The van der Waals surface area contributed by atoms with Gasteiger partial charge in [-0.2, -0.15) is 0 Å². The van der Waals surface area contributed by atoms with Crippen LogP contribution in [0, 0.1) is 6.92 Å². The van der Waals surface area contributed by atoms with E-state index in [1.807, 2.05) is 56.3 Å². The van der Waals surface area contributed by atoms with Crippen LogP contribution in [0.1, 0.15) is 36.3 Å². The van der Waals surface area contributed by atoms with Gasteiger partial charge in [-0.25, -0.2) is 4.79 Å². The van der Waals surface area contributed by atoms with Crippen molar-refractivity contribution in [3.63, 3.8) is 0 Å². The monoisotopic (exact) mass is 498 g/mol. The number of rotatable bonds is 8. The average molecular weight is 499 g/mol. The van der Waals surface area contributed by atoms with Crippen molar-refractivity contribution in [1.82, 2.24) is 4.57 Å². The van der Waals surface area contributed by atoms with E-state index in [0.717, 1.165) is 11.1 Å². The van der Waals surface area contributed by atoms with Gasteiger partial charge in [-0.1, -0.05) is 67.1 Å². The molecule has 0 saturated carbocycles. The number of aromatic nitrogens is 1. The number of nitrogens with zero attached hydrogens (tertiary/aromatic N) is 1. The molecule has 7 heteroatoms. The number of fused-ring (bicyclic) bond motifs is 1. The highest BCUT2D eigenvalue weighted by atomic mass is 16.5. The summed E-state index contributed by atoms with van der Waals surface area (Å²) in [5.41, 5.74) is 2.68. The predicted molar refractivity (Wildman–Crippen MR) is 145 cm³/mol. The smallest absolute Gasteiger partial charge is 0.356 e. The van der Waals surface area contributed by atoms with E-state index in [1.54, 1.807) is 44.3 Å². The van der Waals surface area contributed by atoms with E-state index in [-0.39, 0.29) is 17.7 Å². The summed E-state index contributed by atoms with van der Waals surface area (Å²) in [4.78, 5) is 39.9. The van der Waals surface area contributed by atoms with E-state index in [2.05, 4.69) is 5.32 Å². The van der Waals surface area contributed by atoms with Gasteiger partial charge >= 0.3 is 5.97 Å². The first kappa shape index (κ1) is 25.7. The molecular formula is C30H30N2O5. The fraction of sp³-hybridized carbons (Fsp3) is 0.233. The second-order valence-electron chi connectivity index (χ2n) is 8.72. The lowest BCUT2D eigenvalue weighted by molar-refractivity contribution is -0.124. The van der Waals surface area contributed by atoms with E-state index in [1.165, 1.54) is 4.57 Å². The number of benzene rings is 3. The van der Waals surface area contributed by atoms with Crippen LogP contribution >= 0.6 is 0 Å². The number of anilines is 1. The van der Waals surface area contributed by atoms with Crippen LogP contribution < -0.4 is 15.6 Å². The van der Waals surface area contributed by atoms with Crippen LogP contribution in [-0.4, -0.2) is 29.2 Å². The third-order valence-electron chi connectivity index (χ3n) is 6.19. The van der Waals surface area contributed by atoms with Crippen LogP contribution in [0.3, 0.4) is 0 Å². The second kappa shape index (κ2) is 11.1. The highest BCUT2D eigenvalue weighted by Gasteiger charge is 2.28. The Morgan fingerprint density at radius 3 is 2.24 bits per heavy atom. The molecule has 3 aromatic carbocycles. The van der Waals surface area contributed by atoms with Crippen molar-refractivity contribution in [3.8, 4) is 16.9 Å². The van der Waals surface area contributed by atoms with Crippen molar-refractivity contribution in [2.45, 2.75) is 33.3 Å². The van der Waals surface area contributed by atoms with Crippen LogP contribution in [0.15, 0.2) is 77.6 Å². The van der Waals surface area contributed by atoms with Crippen molar-refractivity contribution in [3.05, 3.63) is 94.4 Å². The lowest BCUT2D eigenvalue weighted by atomic mass is 9.96. The number of carbonyl (C=O) groups excluding carboxylic acids is 2. The Bertz CT molecular complexity index is 1510. The van der Waals surface area contributed by atoms with Crippen molar-refractivity contribution >= 4 is 28.3 Å². The zero-order valence-electron chi connectivity index (χ0n) is 21.4. The maximum Gasteiger partial charge on any atom is 0.356 e. The number of hydrogen-bond acceptors (Lipinski definition) is 5. The zero-order valence-corrected chi connectivity index (χ0v) is 21.4. The van der Waals surface area contributed by atoms with E-state index >= 15 is 0 Å². The van der Waals surface area contributed by atoms with Gasteiger partial charge in [-0.3, -0.25) is 9.59 Å². The average Bonchev–Trinajstić information content (AvgIpc) is 2.91. The molecule has 1 N–H and O–H groups in total. The summed E-state index contributed by atoms with van der Waals surface area (Å²) in [5.74, 6) is -0.704. The first-order valence-corrected chi connectivity index (χ1v) is 12.3. The van der Waals surface area contributed by atoms with Gasteiger partial charge in [-0.05, 0) is 49.4 Å². The van der Waals surface area contributed by atoms with Gasteiger partial charge in [0.05, 0.1) is 12.3 Å². The predicted octanol–water partition coefficient (Wildman–Crippen LogP) is 5.49. The lowest BCUT2D eigenvalue weighted by Crippen LogP contribution is -2.34. The van der Waals surface area contributed by atoms with E-state index in [0.29, 0.717) is 34.4 Å². The molecule has 1 heterocycles. The number of esters is 1. The molecule has 0 saturated heterocycles. The molecule has 190 valence electrons. The van der Waals surface area contributed by atoms with Crippen molar-refractivity contribution < 1.29 is 19.1 Å². The molecule has 0 aliphatic carbocycles. The molecule has 1 unspecified atom stereocenters. The summed E-state index contributed by atoms with van der Waals surface area (Å²) >= 11 is 0. The number of hydrogen-bond donors (Lipinski definition) is 1. The minimum atomic E-state index is -1.07. The van der Waals surface area contributed by atoms with Gasteiger partial charge in [0.2, 0.25) is 0 Å². The number of pyridine rings is 1. The molecule has 0 bridgehead atoms. The fourth-order valence-electron chi connectivity index (χ4n) is 4.29. The van der Waals surface area contributed by atoms with Crippen LogP contribution in [0.25, 0.3) is 21.9 Å². The molecule has 0 aliphatic rings. The summed E-state index contributed by atoms with van der Waals surface area (Å²) < 4.78 is 12.6. The third kappa shape index (κ3) is 5.26. The molecule has 1 atom stereocenters. The second-order valence-corrected chi connectivity index (χ2v) is 8.72. The molecular weight excluding hydrogens is 468 g/mol. The van der Waals surface area contributed by atoms with Gasteiger partial charge in [0.15, 0.2) is 6.10 Å². The van der Waals surface area contributed by atoms with Gasteiger partial charge in [0.1, 0.15) is 11.4 Å². The normalized spacial score (nSPS) is 11.7. The van der Waals surface area contributed by atoms with Crippen LogP contribution in [0.4, 0.5) is 5.69 Å². The molecule has 0 spiro atoms. The highest BCUT2D eigenvalue weighted by molar-refractivity contribution is 6.07. The van der Waals surface area contributed by atoms with E-state index in [9.17, 15) is 14.4 Å². The first-order chi connectivity index (χ1) is 17.8. The molecule has 7 nitrogen and oxygen atoms in total. The molecule has 4 rings (SSSR count). The first-order valence-electron chi connectivity index (χ1n) is 12.3. The molecule has 4 aromatic rings. The number of nitrogens with one attached hydrogen (secondary N) is 1. The number of amides is 1. The van der Waals surface area contributed by atoms with Gasteiger partial charge < -0.3 is 19.4 Å². The Hall–Kier alpha value is -4.39. The minimum absolute atomic E-state index is 0.0912. The van der Waals surface area contributed by atoms with Gasteiger partial charge in [0.25, 0.3) is 11.5 Å². The molecule has 1 aromatic heterocycles.